The Morgan fingerprint density at radius 3 is 1.60 bits per heavy atom. The van der Waals surface area contributed by atoms with Crippen LogP contribution in [0.2, 0.25) is 0 Å². The molecule has 8 aromatic carbocycles. The lowest BCUT2D eigenvalue weighted by Gasteiger charge is -2.35. The second-order valence-corrected chi connectivity index (χ2v) is 14.8. The van der Waals surface area contributed by atoms with E-state index in [0.29, 0.717) is 5.92 Å². The van der Waals surface area contributed by atoms with Crippen molar-refractivity contribution in [2.45, 2.75) is 32.1 Å². The van der Waals surface area contributed by atoms with Gasteiger partial charge in [-0.15, -0.1) is 0 Å². The van der Waals surface area contributed by atoms with E-state index in [1.165, 1.54) is 55.6 Å². The highest BCUT2D eigenvalue weighted by atomic mass is 16.5. The molecule has 0 fully saturated rings. The van der Waals surface area contributed by atoms with E-state index >= 15 is 0 Å². The largest absolute Gasteiger partial charge is 0.457 e. The van der Waals surface area contributed by atoms with E-state index in [-0.39, 0.29) is 0 Å². The molecule has 1 aliphatic rings. The third kappa shape index (κ3) is 6.20. The van der Waals surface area contributed by atoms with Crippen LogP contribution in [-0.2, 0) is 5.41 Å². The van der Waals surface area contributed by atoms with Crippen LogP contribution in [0, 0.1) is 6.92 Å². The first-order valence-corrected chi connectivity index (χ1v) is 19.2. The summed E-state index contributed by atoms with van der Waals surface area (Å²) in [7, 11) is 0. The topological polar surface area (TPSA) is 12.5 Å². The summed E-state index contributed by atoms with van der Waals surface area (Å²) in [6, 6.07) is 72.4. The molecule has 0 amide bonds. The Morgan fingerprint density at radius 2 is 0.945 bits per heavy atom. The monoisotopic (exact) mass is 709 g/mol. The van der Waals surface area contributed by atoms with Crippen molar-refractivity contribution in [1.82, 2.24) is 0 Å². The summed E-state index contributed by atoms with van der Waals surface area (Å²) < 4.78 is 6.40. The minimum atomic E-state index is -0.563. The van der Waals surface area contributed by atoms with Gasteiger partial charge in [-0.05, 0) is 124 Å². The van der Waals surface area contributed by atoms with Crippen LogP contribution in [0.25, 0.3) is 22.3 Å². The molecular formula is C53H43NO. The van der Waals surface area contributed by atoms with Gasteiger partial charge in [-0.3, -0.25) is 0 Å². The van der Waals surface area contributed by atoms with Gasteiger partial charge in [-0.1, -0.05) is 159 Å². The standard InChI is InChI=1S/C53H43NO/c1-37(2)39-22-31-47(32-23-39)55-48-33-26-43(27-34-48)53(42-24-18-38(3)19-25-42)51-17-11-10-16-49(51)50-35-30-46(36-52(50)53)54(44-14-8-5-9-15-44)45-28-20-41(21-29-45)40-12-6-4-7-13-40/h4-37H,1-3H3. The Bertz CT molecular complexity index is 2560. The maximum absolute atomic E-state index is 6.40. The molecule has 0 N–H and O–H groups in total. The van der Waals surface area contributed by atoms with Crippen LogP contribution < -0.4 is 9.64 Å². The van der Waals surface area contributed by atoms with Gasteiger partial charge in [0.15, 0.2) is 0 Å². The number of aryl methyl sites for hydroxylation is 1. The van der Waals surface area contributed by atoms with Crippen molar-refractivity contribution in [2.24, 2.45) is 0 Å². The number of nitrogens with zero attached hydrogens (tertiary/aromatic N) is 1. The summed E-state index contributed by atoms with van der Waals surface area (Å²) in [6.45, 7) is 6.58. The summed E-state index contributed by atoms with van der Waals surface area (Å²) in [5.41, 5.74) is 15.2. The number of rotatable bonds is 9. The third-order valence-corrected chi connectivity index (χ3v) is 11.1. The van der Waals surface area contributed by atoms with E-state index in [0.717, 1.165) is 28.6 Å². The summed E-state index contributed by atoms with van der Waals surface area (Å²) in [6.07, 6.45) is 0. The van der Waals surface area contributed by atoms with Crippen LogP contribution in [0.15, 0.2) is 200 Å². The fourth-order valence-electron chi connectivity index (χ4n) is 8.29. The fourth-order valence-corrected chi connectivity index (χ4v) is 8.29. The second kappa shape index (κ2) is 14.3. The summed E-state index contributed by atoms with van der Waals surface area (Å²) in [4.78, 5) is 2.37. The molecule has 2 nitrogen and oxygen atoms in total. The number of anilines is 3. The summed E-state index contributed by atoms with van der Waals surface area (Å²) >= 11 is 0. The van der Waals surface area contributed by atoms with Crippen LogP contribution in [0.3, 0.4) is 0 Å². The molecule has 0 heterocycles. The molecule has 0 radical (unpaired) electrons. The van der Waals surface area contributed by atoms with Crippen molar-refractivity contribution < 1.29 is 4.74 Å². The molecule has 0 spiro atoms. The Kier molecular flexibility index (Phi) is 8.88. The summed E-state index contributed by atoms with van der Waals surface area (Å²) in [5, 5.41) is 0. The second-order valence-electron chi connectivity index (χ2n) is 14.8. The maximum atomic E-state index is 6.40. The van der Waals surface area contributed by atoms with Crippen LogP contribution in [-0.4, -0.2) is 0 Å². The van der Waals surface area contributed by atoms with Crippen LogP contribution in [0.4, 0.5) is 17.1 Å². The van der Waals surface area contributed by atoms with E-state index < -0.39 is 5.41 Å². The molecule has 0 saturated heterocycles. The van der Waals surface area contributed by atoms with Gasteiger partial charge >= 0.3 is 0 Å². The first kappa shape index (κ1) is 34.1. The molecule has 0 aromatic heterocycles. The van der Waals surface area contributed by atoms with Crippen molar-refractivity contribution in [3.8, 4) is 33.8 Å². The lowest BCUT2D eigenvalue weighted by atomic mass is 9.67. The lowest BCUT2D eigenvalue weighted by Crippen LogP contribution is -2.28. The molecule has 1 unspecified atom stereocenters. The van der Waals surface area contributed by atoms with Gasteiger partial charge in [0.05, 0.1) is 5.41 Å². The normalized spacial score (nSPS) is 14.3. The van der Waals surface area contributed by atoms with E-state index in [2.05, 4.69) is 226 Å². The van der Waals surface area contributed by atoms with Crippen LogP contribution in [0.5, 0.6) is 11.5 Å². The number of benzene rings is 8. The van der Waals surface area contributed by atoms with Crippen LogP contribution in [0.1, 0.15) is 53.1 Å². The molecule has 1 atom stereocenters. The lowest BCUT2D eigenvalue weighted by molar-refractivity contribution is 0.482. The van der Waals surface area contributed by atoms with Gasteiger partial charge in [0.25, 0.3) is 0 Å². The van der Waals surface area contributed by atoms with E-state index in [4.69, 9.17) is 4.74 Å². The molecule has 1 aliphatic carbocycles. The Labute approximate surface area is 325 Å². The molecular weight excluding hydrogens is 667 g/mol. The maximum Gasteiger partial charge on any atom is 0.127 e. The highest BCUT2D eigenvalue weighted by Crippen LogP contribution is 2.57. The van der Waals surface area contributed by atoms with Gasteiger partial charge in [-0.25, -0.2) is 0 Å². The minimum Gasteiger partial charge on any atom is -0.457 e. The Balaban J connectivity index is 1.20. The molecule has 8 aromatic rings. The van der Waals surface area contributed by atoms with Gasteiger partial charge in [0.1, 0.15) is 11.5 Å². The predicted octanol–water partition coefficient (Wildman–Crippen LogP) is 14.4. The Hall–Kier alpha value is -6.64. The van der Waals surface area contributed by atoms with Gasteiger partial charge in [0.2, 0.25) is 0 Å². The molecule has 9 rings (SSSR count). The SMILES string of the molecule is Cc1ccc(C2(c3ccc(Oc4ccc(C(C)C)cc4)cc3)c3ccccc3-c3ccc(N(c4ccccc4)c4ccc(-c5ccccc5)cc4)cc32)cc1. The number of hydrogen-bond donors (Lipinski definition) is 0. The zero-order valence-corrected chi connectivity index (χ0v) is 31.5. The minimum absolute atomic E-state index is 0.476. The van der Waals surface area contributed by atoms with Gasteiger partial charge in [-0.2, -0.15) is 0 Å². The van der Waals surface area contributed by atoms with Crippen LogP contribution >= 0.6 is 0 Å². The molecule has 0 saturated carbocycles. The van der Waals surface area contributed by atoms with E-state index in [9.17, 15) is 0 Å². The highest BCUT2D eigenvalue weighted by molar-refractivity contribution is 5.89. The zero-order chi connectivity index (χ0) is 37.4. The smallest absolute Gasteiger partial charge is 0.127 e. The molecule has 0 aliphatic heterocycles. The number of ether oxygens (including phenoxy) is 1. The average Bonchev–Trinajstić information content (AvgIpc) is 3.53. The first-order chi connectivity index (χ1) is 27.0. The van der Waals surface area contributed by atoms with E-state index in [1.807, 2.05) is 0 Å². The molecule has 266 valence electrons. The zero-order valence-electron chi connectivity index (χ0n) is 31.5. The highest BCUT2D eigenvalue weighted by Gasteiger charge is 2.46. The number of para-hydroxylation sites is 1. The fraction of sp³-hybridized carbons (Fsp3) is 0.0943. The predicted molar refractivity (Wildman–Crippen MR) is 229 cm³/mol. The third-order valence-electron chi connectivity index (χ3n) is 11.1. The molecule has 55 heavy (non-hydrogen) atoms. The van der Waals surface area contributed by atoms with Crippen molar-refractivity contribution in [3.05, 3.63) is 234 Å². The molecule has 0 bridgehead atoms. The average molecular weight is 710 g/mol. The first-order valence-electron chi connectivity index (χ1n) is 19.2. The number of fused-ring (bicyclic) bond motifs is 3. The number of hydrogen-bond acceptors (Lipinski definition) is 2. The quantitative estimate of drug-likeness (QED) is 0.148. The van der Waals surface area contributed by atoms with Gasteiger partial charge < -0.3 is 9.64 Å². The van der Waals surface area contributed by atoms with Crippen molar-refractivity contribution in [1.29, 1.82) is 0 Å². The molecule has 2 heteroatoms. The van der Waals surface area contributed by atoms with E-state index in [1.54, 1.807) is 0 Å². The summed E-state index contributed by atoms with van der Waals surface area (Å²) in [5.74, 6) is 2.13. The van der Waals surface area contributed by atoms with Crippen molar-refractivity contribution in [3.63, 3.8) is 0 Å². The Morgan fingerprint density at radius 1 is 0.436 bits per heavy atom. The van der Waals surface area contributed by atoms with Gasteiger partial charge in [0, 0.05) is 17.1 Å². The van der Waals surface area contributed by atoms with Crippen molar-refractivity contribution in [2.75, 3.05) is 4.90 Å². The van der Waals surface area contributed by atoms with Crippen molar-refractivity contribution >= 4 is 17.1 Å².